The van der Waals surface area contributed by atoms with Gasteiger partial charge < -0.3 is 0 Å². The highest BCUT2D eigenvalue weighted by Crippen LogP contribution is 2.41. The fourth-order valence-corrected chi connectivity index (χ4v) is 5.74. The van der Waals surface area contributed by atoms with Crippen LogP contribution in [0.25, 0.3) is 16.8 Å². The van der Waals surface area contributed by atoms with Crippen molar-refractivity contribution >= 4 is 55.8 Å². The summed E-state index contributed by atoms with van der Waals surface area (Å²) in [5, 5.41) is 34.8. The van der Waals surface area contributed by atoms with Gasteiger partial charge in [0.25, 0.3) is 5.69 Å². The molecule has 0 saturated heterocycles. The molecule has 0 spiro atoms. The molecule has 0 fully saturated rings. The zero-order chi connectivity index (χ0) is 26.9. The molecule has 1 aliphatic carbocycles. The van der Waals surface area contributed by atoms with Crippen molar-refractivity contribution in [1.82, 2.24) is 0 Å². The summed E-state index contributed by atoms with van der Waals surface area (Å²) in [6, 6.07) is 13.6. The normalized spacial score (nSPS) is 15.6. The monoisotopic (exact) mass is 541 g/mol. The highest BCUT2D eigenvalue weighted by Gasteiger charge is 2.37. The second-order valence-corrected chi connectivity index (χ2v) is 10.3. The van der Waals surface area contributed by atoms with E-state index in [0.29, 0.717) is 5.25 Å². The number of nitrogens with zero attached hydrogens (tertiary/aromatic N) is 3. The van der Waals surface area contributed by atoms with Crippen molar-refractivity contribution in [3.63, 3.8) is 0 Å². The highest BCUT2D eigenvalue weighted by atomic mass is 32.2. The van der Waals surface area contributed by atoms with Crippen LogP contribution in [-0.2, 0) is 10.1 Å². The Labute approximate surface area is 212 Å². The number of nitro benzene ring substituents is 3. The van der Waals surface area contributed by atoms with E-state index in [-0.39, 0.29) is 12.1 Å². The van der Waals surface area contributed by atoms with E-state index in [1.54, 1.807) is 0 Å². The second-order valence-electron chi connectivity index (χ2n) is 7.72. The summed E-state index contributed by atoms with van der Waals surface area (Å²) in [7, 11) is -5.30. The van der Waals surface area contributed by atoms with Crippen molar-refractivity contribution in [3.8, 4) is 0 Å². The molecule has 14 heteroatoms. The molecular weight excluding hydrogens is 526 g/mol. The zero-order valence-electron chi connectivity index (χ0n) is 18.5. The Kier molecular flexibility index (Phi) is 6.89. The molecule has 0 amide bonds. The first kappa shape index (κ1) is 25.7. The molecule has 1 unspecified atom stereocenters. The third kappa shape index (κ3) is 5.40. The van der Waals surface area contributed by atoms with Gasteiger partial charge in [-0.15, -0.1) is 11.8 Å². The van der Waals surface area contributed by atoms with Crippen LogP contribution in [0.1, 0.15) is 5.56 Å². The van der Waals surface area contributed by atoms with Crippen LogP contribution in [0.3, 0.4) is 0 Å². The summed E-state index contributed by atoms with van der Waals surface area (Å²) in [5.41, 5.74) is -1.20. The topological polar surface area (TPSA) is 184 Å². The second kappa shape index (κ2) is 9.93. The molecule has 1 N–H and O–H groups in total. The number of allylic oxidation sites excluding steroid dienone is 3. The van der Waals surface area contributed by atoms with Gasteiger partial charge in [-0.25, -0.2) is 0 Å². The van der Waals surface area contributed by atoms with Crippen molar-refractivity contribution in [2.45, 2.75) is 15.0 Å². The summed E-state index contributed by atoms with van der Waals surface area (Å²) in [5.74, 6) is 0. The highest BCUT2D eigenvalue weighted by molar-refractivity contribution is 8.00. The lowest BCUT2D eigenvalue weighted by atomic mass is 10.0. The first-order chi connectivity index (χ1) is 17.5. The van der Waals surface area contributed by atoms with E-state index < -0.39 is 46.8 Å². The molecule has 3 aromatic rings. The van der Waals surface area contributed by atoms with Crippen LogP contribution in [0.2, 0.25) is 0 Å². The Morgan fingerprint density at radius 2 is 1.43 bits per heavy atom. The van der Waals surface area contributed by atoms with Crippen molar-refractivity contribution < 1.29 is 27.7 Å². The van der Waals surface area contributed by atoms with Gasteiger partial charge in [-0.05, 0) is 40.1 Å². The van der Waals surface area contributed by atoms with Crippen LogP contribution >= 0.6 is 11.8 Å². The average Bonchev–Trinajstić information content (AvgIpc) is 2.85. The molecule has 5 rings (SSSR count). The lowest BCUT2D eigenvalue weighted by Crippen LogP contribution is -2.08. The van der Waals surface area contributed by atoms with E-state index >= 15 is 0 Å². The minimum absolute atomic E-state index is 0.204. The Bertz CT molecular complexity index is 1640. The molecule has 188 valence electrons. The van der Waals surface area contributed by atoms with Crippen LogP contribution in [0.15, 0.2) is 88.2 Å². The minimum Gasteiger partial charge on any atom is -0.281 e. The lowest BCUT2D eigenvalue weighted by Gasteiger charge is -2.23. The molecular formula is C23H15N3O9S2. The number of benzene rings is 3. The van der Waals surface area contributed by atoms with Gasteiger partial charge in [-0.1, -0.05) is 48.6 Å². The van der Waals surface area contributed by atoms with Gasteiger partial charge >= 0.3 is 21.5 Å². The largest absolute Gasteiger partial charge is 0.308 e. The van der Waals surface area contributed by atoms with Gasteiger partial charge in [0.15, 0.2) is 0 Å². The third-order valence-corrected chi connectivity index (χ3v) is 7.59. The quantitative estimate of drug-likeness (QED) is 0.252. The van der Waals surface area contributed by atoms with Crippen LogP contribution < -0.4 is 0 Å². The molecule has 0 saturated carbocycles. The third-order valence-electron chi connectivity index (χ3n) is 5.37. The number of hydrogen-bond acceptors (Lipinski definition) is 9. The lowest BCUT2D eigenvalue weighted by molar-refractivity contribution is -0.407. The molecule has 1 heterocycles. The predicted molar refractivity (Wildman–Crippen MR) is 136 cm³/mol. The van der Waals surface area contributed by atoms with E-state index in [2.05, 4.69) is 66.8 Å². The van der Waals surface area contributed by atoms with E-state index in [1.165, 1.54) is 26.8 Å². The molecule has 3 aromatic carbocycles. The van der Waals surface area contributed by atoms with Crippen LogP contribution in [0.5, 0.6) is 0 Å². The Hall–Kier alpha value is -4.40. The first-order valence-electron chi connectivity index (χ1n) is 10.3. The Morgan fingerprint density at radius 3 is 1.97 bits per heavy atom. The molecule has 37 heavy (non-hydrogen) atoms. The average molecular weight is 542 g/mol. The van der Waals surface area contributed by atoms with E-state index in [9.17, 15) is 38.8 Å². The smallest absolute Gasteiger partial charge is 0.281 e. The van der Waals surface area contributed by atoms with Gasteiger partial charge in [-0.3, -0.25) is 34.9 Å². The number of non-ortho nitro benzene ring substituents is 1. The van der Waals surface area contributed by atoms with Crippen molar-refractivity contribution in [1.29, 1.82) is 0 Å². The molecule has 12 nitrogen and oxygen atoms in total. The summed E-state index contributed by atoms with van der Waals surface area (Å²) in [6.07, 6.45) is 11.1. The Balaban J connectivity index is 0.000000173. The molecule has 0 aromatic heterocycles. The maximum absolute atomic E-state index is 10.9. The fraction of sp³-hybridized carbons (Fsp3) is 0.0435. The molecule has 2 aliphatic rings. The minimum atomic E-state index is -5.30. The van der Waals surface area contributed by atoms with Crippen LogP contribution in [0, 0.1) is 30.3 Å². The van der Waals surface area contributed by atoms with Gasteiger partial charge in [0.05, 0.1) is 32.2 Å². The standard InChI is InChI=1S/C17H12S.C6H3N3O9S/c1-2-6-13-11-17-15(9-12(13)5-1)10-14-7-3-4-8-16(14)18-17;10-7(11)3-1-4(8(12)13)6(19(16,17)18)5(2-3)9(14)15/h1-11,16H;1-2H,(H,16,17,18). The first-order valence-corrected chi connectivity index (χ1v) is 12.6. The maximum Gasteiger partial charge on any atom is 0.308 e. The summed E-state index contributed by atoms with van der Waals surface area (Å²) < 4.78 is 30.7. The maximum atomic E-state index is 10.9. The van der Waals surface area contributed by atoms with Gasteiger partial charge in [-0.2, -0.15) is 8.42 Å². The molecule has 1 atom stereocenters. The van der Waals surface area contributed by atoms with E-state index in [0.717, 1.165) is 0 Å². The Morgan fingerprint density at radius 1 is 0.838 bits per heavy atom. The predicted octanol–water partition coefficient (Wildman–Crippen LogP) is 5.48. The van der Waals surface area contributed by atoms with Gasteiger partial charge in [0, 0.05) is 4.90 Å². The molecule has 1 aliphatic heterocycles. The van der Waals surface area contributed by atoms with Gasteiger partial charge in [0.1, 0.15) is 0 Å². The van der Waals surface area contributed by atoms with Crippen LogP contribution in [0.4, 0.5) is 17.1 Å². The number of rotatable bonds is 4. The summed E-state index contributed by atoms with van der Waals surface area (Å²) in [4.78, 5) is 27.5. The zero-order valence-corrected chi connectivity index (χ0v) is 20.1. The van der Waals surface area contributed by atoms with Crippen molar-refractivity contribution in [2.75, 3.05) is 0 Å². The van der Waals surface area contributed by atoms with Gasteiger partial charge in [0.2, 0.25) is 4.90 Å². The van der Waals surface area contributed by atoms with Crippen molar-refractivity contribution in [3.05, 3.63) is 114 Å². The van der Waals surface area contributed by atoms with E-state index in [4.69, 9.17) is 4.55 Å². The number of thioether (sulfide) groups is 1. The summed E-state index contributed by atoms with van der Waals surface area (Å²) >= 11 is 1.95. The fourth-order valence-electron chi connectivity index (χ4n) is 3.77. The molecule has 0 radical (unpaired) electrons. The number of hydrogen-bond donors (Lipinski definition) is 1. The van der Waals surface area contributed by atoms with Crippen molar-refractivity contribution in [2.24, 2.45) is 0 Å². The SMILES string of the molecule is C1=CC2=Cc3cc4ccccc4cc3SC2C=C1.O=[N+]([O-])c1cc([N+](=O)[O-])c(S(=O)(=O)O)c([N+](=O)[O-])c1. The summed E-state index contributed by atoms with van der Waals surface area (Å²) in [6.45, 7) is 0. The number of fused-ring (bicyclic) bond motifs is 3. The van der Waals surface area contributed by atoms with Crippen LogP contribution in [-0.4, -0.2) is 33.0 Å². The molecule has 0 bridgehead atoms. The number of nitro groups is 3. The van der Waals surface area contributed by atoms with E-state index in [1.807, 2.05) is 11.8 Å².